The largest absolute Gasteiger partial charge is 0.478 e. The monoisotopic (exact) mass is 253 g/mol. The van der Waals surface area contributed by atoms with E-state index in [1.807, 2.05) is 27.7 Å². The van der Waals surface area contributed by atoms with E-state index >= 15 is 0 Å². The summed E-state index contributed by atoms with van der Waals surface area (Å²) in [5.74, 6) is 1.91. The second kappa shape index (κ2) is 6.54. The molecule has 0 aliphatic rings. The number of aliphatic hydroxyl groups excluding tert-OH is 1. The molecule has 5 nitrogen and oxygen atoms in total. The van der Waals surface area contributed by atoms with Crippen LogP contribution < -0.4 is 10.1 Å². The summed E-state index contributed by atoms with van der Waals surface area (Å²) in [4.78, 5) is 8.53. The van der Waals surface area contributed by atoms with Crippen LogP contribution in [0.5, 0.6) is 5.88 Å². The van der Waals surface area contributed by atoms with Gasteiger partial charge in [-0.05, 0) is 26.7 Å². The van der Waals surface area contributed by atoms with E-state index in [9.17, 15) is 5.11 Å². The molecule has 0 atom stereocenters. The van der Waals surface area contributed by atoms with Crippen LogP contribution in [-0.2, 0) is 0 Å². The first-order chi connectivity index (χ1) is 8.59. The Balaban J connectivity index is 2.95. The van der Waals surface area contributed by atoms with E-state index in [0.717, 1.165) is 12.8 Å². The molecule has 0 bridgehead atoms. The van der Waals surface area contributed by atoms with Crippen molar-refractivity contribution in [2.75, 3.05) is 18.5 Å². The van der Waals surface area contributed by atoms with Crippen molar-refractivity contribution in [3.05, 3.63) is 11.9 Å². The van der Waals surface area contributed by atoms with Crippen LogP contribution in [0, 0.1) is 6.92 Å². The van der Waals surface area contributed by atoms with E-state index in [1.54, 1.807) is 6.07 Å². The fraction of sp³-hybridized carbons (Fsp3) is 0.692. The number of aliphatic hydroxyl groups is 1. The minimum atomic E-state index is -0.329. The van der Waals surface area contributed by atoms with Crippen molar-refractivity contribution >= 4 is 5.82 Å². The van der Waals surface area contributed by atoms with Crippen LogP contribution in [0.15, 0.2) is 6.07 Å². The third-order valence-corrected chi connectivity index (χ3v) is 3.16. The van der Waals surface area contributed by atoms with Gasteiger partial charge in [-0.25, -0.2) is 4.98 Å². The number of nitrogens with one attached hydrogen (secondary N) is 1. The Bertz CT molecular complexity index is 370. The van der Waals surface area contributed by atoms with Crippen molar-refractivity contribution in [3.63, 3.8) is 0 Å². The lowest BCUT2D eigenvalue weighted by Crippen LogP contribution is -2.41. The van der Waals surface area contributed by atoms with Crippen molar-refractivity contribution < 1.29 is 9.84 Å². The average Bonchev–Trinajstić information content (AvgIpc) is 2.36. The van der Waals surface area contributed by atoms with Gasteiger partial charge < -0.3 is 15.2 Å². The summed E-state index contributed by atoms with van der Waals surface area (Å²) < 4.78 is 5.39. The molecular formula is C13H23N3O2. The van der Waals surface area contributed by atoms with Crippen LogP contribution in [-0.4, -0.2) is 33.8 Å². The standard InChI is InChI=1S/C13H23N3O2/c1-5-13(6-2,9-17)16-11-8-12(18-7-3)15-10(4)14-11/h8,17H,5-7,9H2,1-4H3,(H,14,15,16). The first-order valence-corrected chi connectivity index (χ1v) is 6.46. The maximum atomic E-state index is 9.54. The number of aryl methyl sites for hydroxylation is 1. The first-order valence-electron chi connectivity index (χ1n) is 6.46. The van der Waals surface area contributed by atoms with Gasteiger partial charge in [0.1, 0.15) is 11.6 Å². The Hall–Kier alpha value is -1.36. The summed E-state index contributed by atoms with van der Waals surface area (Å²) >= 11 is 0. The fourth-order valence-corrected chi connectivity index (χ4v) is 1.79. The van der Waals surface area contributed by atoms with Crippen LogP contribution in [0.3, 0.4) is 0 Å². The molecule has 18 heavy (non-hydrogen) atoms. The average molecular weight is 253 g/mol. The van der Waals surface area contributed by atoms with Gasteiger partial charge in [-0.3, -0.25) is 0 Å². The smallest absolute Gasteiger partial charge is 0.218 e. The van der Waals surface area contributed by atoms with Gasteiger partial charge in [-0.1, -0.05) is 13.8 Å². The zero-order valence-electron chi connectivity index (χ0n) is 11.7. The number of aromatic nitrogens is 2. The van der Waals surface area contributed by atoms with Crippen LogP contribution in [0.25, 0.3) is 0 Å². The van der Waals surface area contributed by atoms with Crippen LogP contribution >= 0.6 is 0 Å². The van der Waals surface area contributed by atoms with E-state index in [4.69, 9.17) is 4.74 Å². The Morgan fingerprint density at radius 2 is 1.94 bits per heavy atom. The van der Waals surface area contributed by atoms with Gasteiger partial charge in [0.2, 0.25) is 5.88 Å². The van der Waals surface area contributed by atoms with Crippen LogP contribution in [0.2, 0.25) is 0 Å². The maximum absolute atomic E-state index is 9.54. The van der Waals surface area contributed by atoms with E-state index in [0.29, 0.717) is 24.1 Å². The van der Waals surface area contributed by atoms with Crippen molar-refractivity contribution in [2.24, 2.45) is 0 Å². The Morgan fingerprint density at radius 1 is 1.28 bits per heavy atom. The molecule has 1 rings (SSSR count). The lowest BCUT2D eigenvalue weighted by Gasteiger charge is -2.31. The van der Waals surface area contributed by atoms with Gasteiger partial charge in [0.05, 0.1) is 18.8 Å². The summed E-state index contributed by atoms with van der Waals surface area (Å²) in [6, 6.07) is 1.77. The first kappa shape index (κ1) is 14.7. The molecule has 0 saturated carbocycles. The van der Waals surface area contributed by atoms with Gasteiger partial charge in [-0.15, -0.1) is 0 Å². The third-order valence-electron chi connectivity index (χ3n) is 3.16. The maximum Gasteiger partial charge on any atom is 0.218 e. The Labute approximate surface area is 109 Å². The zero-order chi connectivity index (χ0) is 13.6. The van der Waals surface area contributed by atoms with Crippen LogP contribution in [0.4, 0.5) is 5.82 Å². The molecule has 0 spiro atoms. The van der Waals surface area contributed by atoms with Gasteiger partial charge >= 0.3 is 0 Å². The predicted octanol–water partition coefficient (Wildman–Crippen LogP) is 2.15. The molecule has 1 heterocycles. The molecular weight excluding hydrogens is 230 g/mol. The highest BCUT2D eigenvalue weighted by Crippen LogP contribution is 2.22. The third kappa shape index (κ3) is 3.57. The SMILES string of the molecule is CCOc1cc(NC(CC)(CC)CO)nc(C)n1. The zero-order valence-corrected chi connectivity index (χ0v) is 11.7. The molecule has 0 saturated heterocycles. The predicted molar refractivity (Wildman–Crippen MR) is 72.0 cm³/mol. The highest BCUT2D eigenvalue weighted by molar-refractivity contribution is 5.41. The molecule has 0 amide bonds. The summed E-state index contributed by atoms with van der Waals surface area (Å²) in [6.07, 6.45) is 1.65. The quantitative estimate of drug-likeness (QED) is 0.779. The fourth-order valence-electron chi connectivity index (χ4n) is 1.79. The summed E-state index contributed by atoms with van der Waals surface area (Å²) in [5, 5.41) is 12.8. The molecule has 0 fully saturated rings. The number of nitrogens with zero attached hydrogens (tertiary/aromatic N) is 2. The highest BCUT2D eigenvalue weighted by Gasteiger charge is 2.25. The molecule has 1 aromatic heterocycles. The topological polar surface area (TPSA) is 67.3 Å². The second-order valence-corrected chi connectivity index (χ2v) is 4.34. The normalized spacial score (nSPS) is 11.4. The molecule has 5 heteroatoms. The number of anilines is 1. The Morgan fingerprint density at radius 3 is 2.44 bits per heavy atom. The van der Waals surface area contributed by atoms with Gasteiger partial charge in [0.25, 0.3) is 0 Å². The molecule has 1 aromatic rings. The van der Waals surface area contributed by atoms with Gasteiger partial charge in [-0.2, -0.15) is 4.98 Å². The summed E-state index contributed by atoms with van der Waals surface area (Å²) in [6.45, 7) is 8.48. The highest BCUT2D eigenvalue weighted by atomic mass is 16.5. The van der Waals surface area contributed by atoms with E-state index < -0.39 is 0 Å². The minimum Gasteiger partial charge on any atom is -0.478 e. The van der Waals surface area contributed by atoms with Crippen molar-refractivity contribution in [1.29, 1.82) is 0 Å². The number of hydrogen-bond acceptors (Lipinski definition) is 5. The molecule has 0 aliphatic heterocycles. The number of hydrogen-bond donors (Lipinski definition) is 2. The lowest BCUT2D eigenvalue weighted by atomic mass is 9.94. The van der Waals surface area contributed by atoms with Crippen molar-refractivity contribution in [3.8, 4) is 5.88 Å². The van der Waals surface area contributed by atoms with Gasteiger partial charge in [0.15, 0.2) is 0 Å². The molecule has 0 unspecified atom stereocenters. The summed E-state index contributed by atoms with van der Waals surface area (Å²) in [7, 11) is 0. The lowest BCUT2D eigenvalue weighted by molar-refractivity contribution is 0.202. The second-order valence-electron chi connectivity index (χ2n) is 4.34. The molecule has 0 aromatic carbocycles. The summed E-state index contributed by atoms with van der Waals surface area (Å²) in [5.41, 5.74) is -0.329. The van der Waals surface area contributed by atoms with E-state index in [-0.39, 0.29) is 12.1 Å². The minimum absolute atomic E-state index is 0.0764. The Kier molecular flexibility index (Phi) is 5.34. The molecule has 0 aliphatic carbocycles. The van der Waals surface area contributed by atoms with Gasteiger partial charge in [0, 0.05) is 6.07 Å². The molecule has 0 radical (unpaired) electrons. The van der Waals surface area contributed by atoms with E-state index in [1.165, 1.54) is 0 Å². The molecule has 102 valence electrons. The van der Waals surface area contributed by atoms with Crippen molar-refractivity contribution in [1.82, 2.24) is 9.97 Å². The van der Waals surface area contributed by atoms with Crippen LogP contribution in [0.1, 0.15) is 39.4 Å². The van der Waals surface area contributed by atoms with Crippen molar-refractivity contribution in [2.45, 2.75) is 46.1 Å². The van der Waals surface area contributed by atoms with E-state index in [2.05, 4.69) is 15.3 Å². The number of ether oxygens (including phenoxy) is 1. The number of rotatable bonds is 7. The molecule has 2 N–H and O–H groups in total.